The Bertz CT molecular complexity index is 1040. The lowest BCUT2D eigenvalue weighted by atomic mass is 9.98. The number of hydrogen-bond acceptors (Lipinski definition) is 0. The van der Waals surface area contributed by atoms with Gasteiger partial charge >= 0.3 is 0 Å². The molecule has 5 aromatic rings. The summed E-state index contributed by atoms with van der Waals surface area (Å²) in [6.45, 7) is 0. The van der Waals surface area contributed by atoms with Crippen LogP contribution in [0.5, 0.6) is 0 Å². The maximum atomic E-state index is 3.36. The number of H-pyrrole nitrogens is 3. The zero-order valence-electron chi connectivity index (χ0n) is 12.4. The summed E-state index contributed by atoms with van der Waals surface area (Å²) in [5, 5.41) is 2.49. The molecule has 5 rings (SSSR count). The first-order valence-corrected chi connectivity index (χ1v) is 7.71. The Morgan fingerprint density at radius 2 is 0.957 bits per heavy atom. The van der Waals surface area contributed by atoms with E-state index in [0.29, 0.717) is 0 Å². The molecular weight excluding hydrogens is 282 g/mol. The number of nitrogens with one attached hydrogen (secondary N) is 3. The number of aromatic amines is 3. The molecule has 3 heterocycles. The highest BCUT2D eigenvalue weighted by atomic mass is 14.7. The van der Waals surface area contributed by atoms with Crippen LogP contribution < -0.4 is 0 Å². The van der Waals surface area contributed by atoms with Gasteiger partial charge in [0.15, 0.2) is 0 Å². The topological polar surface area (TPSA) is 47.4 Å². The van der Waals surface area contributed by atoms with Crippen molar-refractivity contribution in [2.24, 2.45) is 0 Å². The highest BCUT2D eigenvalue weighted by Crippen LogP contribution is 2.38. The van der Waals surface area contributed by atoms with Crippen LogP contribution in [0.4, 0.5) is 0 Å². The highest BCUT2D eigenvalue weighted by Gasteiger charge is 2.15. The Kier molecular flexibility index (Phi) is 2.50. The van der Waals surface area contributed by atoms with Crippen LogP contribution in [0.15, 0.2) is 73.3 Å². The van der Waals surface area contributed by atoms with E-state index < -0.39 is 0 Å². The van der Waals surface area contributed by atoms with Crippen LogP contribution in [0.25, 0.3) is 44.1 Å². The third kappa shape index (κ3) is 1.77. The molecule has 110 valence electrons. The molecule has 3 N–H and O–H groups in total. The molecule has 0 aliphatic rings. The minimum Gasteiger partial charge on any atom is -0.366 e. The second kappa shape index (κ2) is 4.65. The molecule has 0 radical (unpaired) electrons. The minimum absolute atomic E-state index is 1.16. The molecular formula is C20H15N3. The van der Waals surface area contributed by atoms with Gasteiger partial charge in [0.1, 0.15) is 0 Å². The van der Waals surface area contributed by atoms with E-state index in [4.69, 9.17) is 0 Å². The van der Waals surface area contributed by atoms with Crippen LogP contribution >= 0.6 is 0 Å². The molecule has 0 bridgehead atoms. The van der Waals surface area contributed by atoms with Crippen molar-refractivity contribution in [3.63, 3.8) is 0 Å². The third-order valence-electron chi connectivity index (χ3n) is 4.50. The zero-order chi connectivity index (χ0) is 15.2. The largest absolute Gasteiger partial charge is 0.366 e. The molecule has 0 saturated heterocycles. The maximum Gasteiger partial charge on any atom is 0.0460 e. The molecule has 0 atom stereocenters. The first kappa shape index (κ1) is 12.4. The van der Waals surface area contributed by atoms with Gasteiger partial charge in [-0.2, -0.15) is 0 Å². The Morgan fingerprint density at radius 1 is 0.478 bits per heavy atom. The number of hydrogen-bond donors (Lipinski definition) is 3. The second-order valence-electron chi connectivity index (χ2n) is 5.78. The summed E-state index contributed by atoms with van der Waals surface area (Å²) in [5.74, 6) is 0. The SMILES string of the molecule is c1ccc2c(-c3c[nH]cc3-c3c[nH]c4ccccc34)c[nH]c2c1. The summed E-state index contributed by atoms with van der Waals surface area (Å²) in [6.07, 6.45) is 8.33. The molecule has 23 heavy (non-hydrogen) atoms. The monoisotopic (exact) mass is 297 g/mol. The van der Waals surface area contributed by atoms with Crippen LogP contribution in [-0.4, -0.2) is 15.0 Å². The van der Waals surface area contributed by atoms with Crippen LogP contribution in [0.3, 0.4) is 0 Å². The molecule has 0 aliphatic carbocycles. The Hall–Kier alpha value is -3.20. The van der Waals surface area contributed by atoms with Gasteiger partial charge in [-0.25, -0.2) is 0 Å². The molecule has 3 aromatic heterocycles. The van der Waals surface area contributed by atoms with Gasteiger partial charge in [-0.15, -0.1) is 0 Å². The van der Waals surface area contributed by atoms with Gasteiger partial charge in [0.05, 0.1) is 0 Å². The average Bonchev–Trinajstić information content (AvgIpc) is 3.31. The number of benzene rings is 2. The minimum atomic E-state index is 1.16. The van der Waals surface area contributed by atoms with Gasteiger partial charge in [0.2, 0.25) is 0 Å². The van der Waals surface area contributed by atoms with Gasteiger partial charge in [0, 0.05) is 68.8 Å². The molecule has 2 aromatic carbocycles. The normalized spacial score (nSPS) is 11.5. The summed E-state index contributed by atoms with van der Waals surface area (Å²) in [4.78, 5) is 10.0. The van der Waals surface area contributed by atoms with Gasteiger partial charge in [-0.1, -0.05) is 36.4 Å². The van der Waals surface area contributed by atoms with Crippen molar-refractivity contribution in [1.82, 2.24) is 15.0 Å². The van der Waals surface area contributed by atoms with E-state index in [0.717, 1.165) is 11.0 Å². The molecule has 0 unspecified atom stereocenters. The van der Waals surface area contributed by atoms with E-state index in [1.54, 1.807) is 0 Å². The van der Waals surface area contributed by atoms with Crippen LogP contribution in [0.2, 0.25) is 0 Å². The third-order valence-corrected chi connectivity index (χ3v) is 4.50. The standard InChI is InChI=1S/C20H15N3/c1-3-7-19-13(5-1)17(11-22-19)15-9-21-10-16(15)18-12-23-20-8-4-2-6-14(18)20/h1-12,21-23H. The maximum absolute atomic E-state index is 3.36. The van der Waals surface area contributed by atoms with E-state index in [-0.39, 0.29) is 0 Å². The van der Waals surface area contributed by atoms with Crippen molar-refractivity contribution in [3.05, 3.63) is 73.3 Å². The number of para-hydroxylation sites is 2. The second-order valence-corrected chi connectivity index (χ2v) is 5.78. The average molecular weight is 297 g/mol. The fraction of sp³-hybridized carbons (Fsp3) is 0. The molecule has 0 spiro atoms. The molecule has 3 heteroatoms. The van der Waals surface area contributed by atoms with E-state index in [2.05, 4.69) is 88.3 Å². The summed E-state index contributed by atoms with van der Waals surface area (Å²) < 4.78 is 0. The quantitative estimate of drug-likeness (QED) is 0.395. The Balaban J connectivity index is 1.77. The van der Waals surface area contributed by atoms with Crippen LogP contribution in [0.1, 0.15) is 0 Å². The van der Waals surface area contributed by atoms with E-state index >= 15 is 0 Å². The van der Waals surface area contributed by atoms with E-state index in [1.807, 2.05) is 0 Å². The predicted octanol–water partition coefficient (Wildman–Crippen LogP) is 5.31. The first-order chi connectivity index (χ1) is 11.4. The van der Waals surface area contributed by atoms with E-state index in [1.165, 1.54) is 33.0 Å². The summed E-state index contributed by atoms with van der Waals surface area (Å²) >= 11 is 0. The Labute approximate surface area is 133 Å². The molecule has 0 saturated carbocycles. The summed E-state index contributed by atoms with van der Waals surface area (Å²) in [5.41, 5.74) is 7.20. The van der Waals surface area contributed by atoms with Crippen molar-refractivity contribution in [3.8, 4) is 22.3 Å². The van der Waals surface area contributed by atoms with E-state index in [9.17, 15) is 0 Å². The number of aromatic nitrogens is 3. The molecule has 0 amide bonds. The summed E-state index contributed by atoms with van der Waals surface area (Å²) in [6, 6.07) is 16.8. The lowest BCUT2D eigenvalue weighted by Crippen LogP contribution is -1.78. The van der Waals surface area contributed by atoms with Crippen molar-refractivity contribution in [1.29, 1.82) is 0 Å². The molecule has 0 fully saturated rings. The Morgan fingerprint density at radius 3 is 1.48 bits per heavy atom. The van der Waals surface area contributed by atoms with Crippen LogP contribution in [-0.2, 0) is 0 Å². The predicted molar refractivity (Wildman–Crippen MR) is 95.4 cm³/mol. The molecule has 3 nitrogen and oxygen atoms in total. The van der Waals surface area contributed by atoms with Crippen molar-refractivity contribution >= 4 is 21.8 Å². The van der Waals surface area contributed by atoms with Gasteiger partial charge in [0.25, 0.3) is 0 Å². The molecule has 0 aliphatic heterocycles. The fourth-order valence-electron chi connectivity index (χ4n) is 3.40. The van der Waals surface area contributed by atoms with Gasteiger partial charge in [-0.05, 0) is 12.1 Å². The first-order valence-electron chi connectivity index (χ1n) is 7.71. The smallest absolute Gasteiger partial charge is 0.0460 e. The van der Waals surface area contributed by atoms with Gasteiger partial charge < -0.3 is 15.0 Å². The zero-order valence-corrected chi connectivity index (χ0v) is 12.4. The van der Waals surface area contributed by atoms with Crippen LogP contribution in [0, 0.1) is 0 Å². The lowest BCUT2D eigenvalue weighted by molar-refractivity contribution is 1.41. The fourth-order valence-corrected chi connectivity index (χ4v) is 3.40. The number of rotatable bonds is 2. The summed E-state index contributed by atoms with van der Waals surface area (Å²) in [7, 11) is 0. The highest BCUT2D eigenvalue weighted by molar-refractivity contribution is 6.04. The number of fused-ring (bicyclic) bond motifs is 2. The van der Waals surface area contributed by atoms with Crippen molar-refractivity contribution < 1.29 is 0 Å². The lowest BCUT2D eigenvalue weighted by Gasteiger charge is -2.02. The van der Waals surface area contributed by atoms with Crippen molar-refractivity contribution in [2.75, 3.05) is 0 Å². The van der Waals surface area contributed by atoms with Crippen molar-refractivity contribution in [2.45, 2.75) is 0 Å². The van der Waals surface area contributed by atoms with Gasteiger partial charge in [-0.3, -0.25) is 0 Å².